The van der Waals surface area contributed by atoms with Crippen molar-refractivity contribution in [3.63, 3.8) is 0 Å². The number of nitrogens with one attached hydrogen (secondary N) is 1. The fourth-order valence-electron chi connectivity index (χ4n) is 2.32. The highest BCUT2D eigenvalue weighted by atomic mass is 35.5. The highest BCUT2D eigenvalue weighted by Gasteiger charge is 2.18. The van der Waals surface area contributed by atoms with Gasteiger partial charge in [0.15, 0.2) is 5.75 Å². The zero-order chi connectivity index (χ0) is 20.8. The molecule has 0 aliphatic rings. The average molecular weight is 427 g/mol. The summed E-state index contributed by atoms with van der Waals surface area (Å²) in [6.07, 6.45) is 1.49. The maximum Gasteiger partial charge on any atom is 0.397 e. The Morgan fingerprint density at radius 2 is 1.82 bits per heavy atom. The Labute approximate surface area is 172 Å². The molecule has 0 spiro atoms. The first-order valence-electron chi connectivity index (χ1n) is 8.45. The lowest BCUT2D eigenvalue weighted by Crippen LogP contribution is -2.24. The summed E-state index contributed by atoms with van der Waals surface area (Å²) in [6.45, 7) is 5.70. The first-order valence-corrected chi connectivity index (χ1v) is 9.21. The van der Waals surface area contributed by atoms with E-state index in [1.54, 1.807) is 20.1 Å². The van der Waals surface area contributed by atoms with Gasteiger partial charge in [-0.3, -0.25) is 4.79 Å². The van der Waals surface area contributed by atoms with E-state index in [9.17, 15) is 9.59 Å². The van der Waals surface area contributed by atoms with E-state index in [0.717, 1.165) is 5.56 Å². The van der Waals surface area contributed by atoms with E-state index in [4.69, 9.17) is 32.7 Å². The Morgan fingerprint density at radius 1 is 1.18 bits per heavy atom. The number of amides is 1. The molecule has 1 N–H and O–H groups in total. The molecular formula is C19H20Cl2N2O5. The third kappa shape index (κ3) is 5.27. The number of halogens is 2. The lowest BCUT2D eigenvalue weighted by Gasteiger charge is -2.15. The van der Waals surface area contributed by atoms with Crippen molar-refractivity contribution >= 4 is 40.8 Å². The number of anilines is 1. The SMILES string of the molecule is CCOC(=O)C(=O)Nc1cc(Cl)c(Oc2cnc(OC)c(C(C)C)c2)c(Cl)c1. The number of methoxy groups -OCH3 is 1. The van der Waals surface area contributed by atoms with Crippen LogP contribution < -0.4 is 14.8 Å². The second-order valence-electron chi connectivity index (χ2n) is 5.97. The number of rotatable bonds is 6. The molecule has 7 nitrogen and oxygen atoms in total. The molecule has 1 aromatic carbocycles. The number of aromatic nitrogens is 1. The van der Waals surface area contributed by atoms with Crippen LogP contribution in [-0.4, -0.2) is 30.6 Å². The summed E-state index contributed by atoms with van der Waals surface area (Å²) in [6, 6.07) is 4.63. The maximum absolute atomic E-state index is 11.7. The van der Waals surface area contributed by atoms with E-state index in [1.807, 2.05) is 13.8 Å². The number of carbonyl (C=O) groups is 2. The van der Waals surface area contributed by atoms with Crippen molar-refractivity contribution in [3.8, 4) is 17.4 Å². The van der Waals surface area contributed by atoms with Gasteiger partial charge >= 0.3 is 11.9 Å². The van der Waals surface area contributed by atoms with Gasteiger partial charge in [-0.15, -0.1) is 0 Å². The molecular weight excluding hydrogens is 407 g/mol. The fraction of sp³-hybridized carbons (Fsp3) is 0.316. The molecule has 0 aliphatic carbocycles. The molecule has 0 unspecified atom stereocenters. The molecule has 0 atom stereocenters. The number of benzene rings is 1. The zero-order valence-electron chi connectivity index (χ0n) is 15.8. The number of nitrogens with zero attached hydrogens (tertiary/aromatic N) is 1. The van der Waals surface area contributed by atoms with Crippen molar-refractivity contribution in [2.24, 2.45) is 0 Å². The van der Waals surface area contributed by atoms with Crippen LogP contribution in [0.25, 0.3) is 0 Å². The summed E-state index contributed by atoms with van der Waals surface area (Å²) in [5.41, 5.74) is 1.10. The number of hydrogen-bond acceptors (Lipinski definition) is 6. The second-order valence-corrected chi connectivity index (χ2v) is 6.78. The smallest absolute Gasteiger partial charge is 0.397 e. The van der Waals surface area contributed by atoms with Gasteiger partial charge in [0.05, 0.1) is 30.0 Å². The molecule has 0 bridgehead atoms. The highest BCUT2D eigenvalue weighted by Crippen LogP contribution is 2.39. The normalized spacial score (nSPS) is 10.5. The first-order chi connectivity index (χ1) is 13.3. The molecule has 9 heteroatoms. The monoisotopic (exact) mass is 426 g/mol. The van der Waals surface area contributed by atoms with E-state index in [0.29, 0.717) is 11.6 Å². The predicted octanol–water partition coefficient (Wildman–Crippen LogP) is 4.81. The van der Waals surface area contributed by atoms with Crippen molar-refractivity contribution in [1.82, 2.24) is 4.98 Å². The molecule has 2 rings (SSSR count). The minimum absolute atomic E-state index is 0.0921. The number of carbonyl (C=O) groups excluding carboxylic acids is 2. The minimum atomic E-state index is -0.999. The average Bonchev–Trinajstić information content (AvgIpc) is 2.64. The van der Waals surface area contributed by atoms with Crippen LogP contribution in [0.4, 0.5) is 5.69 Å². The topological polar surface area (TPSA) is 86.8 Å². The molecule has 0 saturated carbocycles. The summed E-state index contributed by atoms with van der Waals surface area (Å²) < 4.78 is 15.7. The summed E-state index contributed by atoms with van der Waals surface area (Å²) in [4.78, 5) is 27.4. The third-order valence-electron chi connectivity index (χ3n) is 3.61. The number of pyridine rings is 1. The zero-order valence-corrected chi connectivity index (χ0v) is 17.4. The van der Waals surface area contributed by atoms with Crippen LogP contribution in [0.3, 0.4) is 0 Å². The molecule has 28 heavy (non-hydrogen) atoms. The summed E-state index contributed by atoms with van der Waals surface area (Å²) in [7, 11) is 1.55. The van der Waals surface area contributed by atoms with E-state index >= 15 is 0 Å². The highest BCUT2D eigenvalue weighted by molar-refractivity contribution is 6.39. The molecule has 2 aromatic rings. The molecule has 0 saturated heterocycles. The van der Waals surface area contributed by atoms with Gasteiger partial charge in [-0.1, -0.05) is 37.0 Å². The molecule has 150 valence electrons. The van der Waals surface area contributed by atoms with Crippen molar-refractivity contribution in [1.29, 1.82) is 0 Å². The van der Waals surface area contributed by atoms with Crippen LogP contribution in [0.1, 0.15) is 32.3 Å². The lowest BCUT2D eigenvalue weighted by atomic mass is 10.1. The minimum Gasteiger partial charge on any atom is -0.481 e. The molecule has 1 amide bonds. The summed E-state index contributed by atoms with van der Waals surface area (Å²) >= 11 is 12.5. The maximum atomic E-state index is 11.7. The van der Waals surface area contributed by atoms with Gasteiger partial charge in [0.1, 0.15) is 5.75 Å². The van der Waals surface area contributed by atoms with Crippen molar-refractivity contribution in [2.75, 3.05) is 19.0 Å². The largest absolute Gasteiger partial charge is 0.481 e. The van der Waals surface area contributed by atoms with Crippen LogP contribution in [0, 0.1) is 0 Å². The Morgan fingerprint density at radius 3 is 2.36 bits per heavy atom. The standard InChI is InChI=1S/C19H20Cl2N2O5/c1-5-27-19(25)17(24)23-11-6-14(20)16(15(21)7-11)28-12-8-13(10(2)3)18(26-4)22-9-12/h6-10H,5H2,1-4H3,(H,23,24). The molecule has 1 aromatic heterocycles. The van der Waals surface area contributed by atoms with Gasteiger partial charge in [0.25, 0.3) is 0 Å². The Balaban J connectivity index is 2.25. The Hall–Kier alpha value is -2.51. The lowest BCUT2D eigenvalue weighted by molar-refractivity contribution is -0.152. The molecule has 0 radical (unpaired) electrons. The summed E-state index contributed by atoms with van der Waals surface area (Å²) in [5, 5.41) is 2.67. The van der Waals surface area contributed by atoms with Gasteiger partial charge in [-0.05, 0) is 31.0 Å². The first kappa shape index (κ1) is 21.8. The van der Waals surface area contributed by atoms with E-state index in [1.165, 1.54) is 18.3 Å². The van der Waals surface area contributed by atoms with Crippen molar-refractivity contribution in [2.45, 2.75) is 26.7 Å². The van der Waals surface area contributed by atoms with Crippen LogP contribution >= 0.6 is 23.2 Å². The Bertz CT molecular complexity index is 864. The van der Waals surface area contributed by atoms with Gasteiger partial charge in [0.2, 0.25) is 5.88 Å². The Kier molecular flexibility index (Phi) is 7.48. The van der Waals surface area contributed by atoms with E-state index in [-0.39, 0.29) is 34.0 Å². The van der Waals surface area contributed by atoms with Gasteiger partial charge in [0, 0.05) is 11.3 Å². The quantitative estimate of drug-likeness (QED) is 0.526. The predicted molar refractivity (Wildman–Crippen MR) is 107 cm³/mol. The van der Waals surface area contributed by atoms with Gasteiger partial charge in [-0.2, -0.15) is 0 Å². The van der Waals surface area contributed by atoms with Crippen LogP contribution in [0.5, 0.6) is 17.4 Å². The van der Waals surface area contributed by atoms with E-state index < -0.39 is 11.9 Å². The number of esters is 1. The number of ether oxygens (including phenoxy) is 3. The van der Waals surface area contributed by atoms with Gasteiger partial charge in [-0.25, -0.2) is 9.78 Å². The number of hydrogen-bond donors (Lipinski definition) is 1. The van der Waals surface area contributed by atoms with Crippen LogP contribution in [0.15, 0.2) is 24.4 Å². The van der Waals surface area contributed by atoms with Crippen LogP contribution in [0.2, 0.25) is 10.0 Å². The van der Waals surface area contributed by atoms with Gasteiger partial charge < -0.3 is 19.5 Å². The summed E-state index contributed by atoms with van der Waals surface area (Å²) in [5.74, 6) is -0.631. The molecule has 0 fully saturated rings. The second kappa shape index (κ2) is 9.61. The van der Waals surface area contributed by atoms with Crippen molar-refractivity contribution < 1.29 is 23.8 Å². The molecule has 1 heterocycles. The molecule has 0 aliphatic heterocycles. The van der Waals surface area contributed by atoms with Crippen LogP contribution in [-0.2, 0) is 14.3 Å². The van der Waals surface area contributed by atoms with Crippen molar-refractivity contribution in [3.05, 3.63) is 40.0 Å². The third-order valence-corrected chi connectivity index (χ3v) is 4.17. The fourth-order valence-corrected chi connectivity index (χ4v) is 2.88. The van der Waals surface area contributed by atoms with E-state index in [2.05, 4.69) is 15.0 Å².